The van der Waals surface area contributed by atoms with E-state index < -0.39 is 11.7 Å². The molecule has 0 fully saturated rings. The Labute approximate surface area is 152 Å². The lowest BCUT2D eigenvalue weighted by molar-refractivity contribution is -0.137. The molecule has 0 saturated heterocycles. The van der Waals surface area contributed by atoms with Crippen molar-refractivity contribution < 1.29 is 22.6 Å². The summed E-state index contributed by atoms with van der Waals surface area (Å²) >= 11 is 0. The fourth-order valence-corrected chi connectivity index (χ4v) is 2.48. The first-order chi connectivity index (χ1) is 13.0. The van der Waals surface area contributed by atoms with Gasteiger partial charge in [0.15, 0.2) is 11.5 Å². The summed E-state index contributed by atoms with van der Waals surface area (Å²) in [6.07, 6.45) is -2.83. The SMILES string of the molecule is FC(F)(F)c1ccc(Nc2ccnc(Nc3ccc4c(c3)OCO4)n2)cc1. The molecule has 1 aromatic heterocycles. The van der Waals surface area contributed by atoms with Gasteiger partial charge in [0.25, 0.3) is 0 Å². The fourth-order valence-electron chi connectivity index (χ4n) is 2.48. The second-order valence-corrected chi connectivity index (χ2v) is 5.66. The van der Waals surface area contributed by atoms with Crippen molar-refractivity contribution in [3.05, 3.63) is 60.3 Å². The van der Waals surface area contributed by atoms with E-state index in [9.17, 15) is 13.2 Å². The molecule has 2 heterocycles. The zero-order chi connectivity index (χ0) is 18.9. The normalized spacial score (nSPS) is 12.7. The highest BCUT2D eigenvalue weighted by Gasteiger charge is 2.29. The molecule has 0 radical (unpaired) electrons. The number of ether oxygens (including phenoxy) is 2. The van der Waals surface area contributed by atoms with Gasteiger partial charge in [-0.1, -0.05) is 0 Å². The number of nitrogens with zero attached hydrogens (tertiary/aromatic N) is 2. The Kier molecular flexibility index (Phi) is 4.19. The van der Waals surface area contributed by atoms with E-state index in [-0.39, 0.29) is 6.79 Å². The van der Waals surface area contributed by atoms with E-state index in [2.05, 4.69) is 20.6 Å². The molecule has 1 aliphatic heterocycles. The van der Waals surface area contributed by atoms with Crippen molar-refractivity contribution in [2.75, 3.05) is 17.4 Å². The molecule has 138 valence electrons. The minimum absolute atomic E-state index is 0.182. The molecule has 3 aromatic rings. The molecule has 2 aromatic carbocycles. The maximum absolute atomic E-state index is 12.6. The predicted octanol–water partition coefficient (Wildman–Crippen LogP) is 4.71. The number of hydrogen-bond donors (Lipinski definition) is 2. The summed E-state index contributed by atoms with van der Waals surface area (Å²) in [6.45, 7) is 0.182. The van der Waals surface area contributed by atoms with Crippen molar-refractivity contribution in [2.24, 2.45) is 0 Å². The Bertz CT molecular complexity index is 962. The van der Waals surface area contributed by atoms with Crippen LogP contribution in [-0.4, -0.2) is 16.8 Å². The zero-order valence-corrected chi connectivity index (χ0v) is 13.7. The van der Waals surface area contributed by atoms with Crippen LogP contribution in [0.25, 0.3) is 0 Å². The van der Waals surface area contributed by atoms with E-state index in [1.54, 1.807) is 24.3 Å². The van der Waals surface area contributed by atoms with Crippen LogP contribution >= 0.6 is 0 Å². The number of rotatable bonds is 4. The van der Waals surface area contributed by atoms with Crippen molar-refractivity contribution in [3.63, 3.8) is 0 Å². The van der Waals surface area contributed by atoms with Crippen LogP contribution < -0.4 is 20.1 Å². The predicted molar refractivity (Wildman–Crippen MR) is 92.6 cm³/mol. The number of alkyl halides is 3. The van der Waals surface area contributed by atoms with Gasteiger partial charge >= 0.3 is 6.18 Å². The molecule has 6 nitrogen and oxygen atoms in total. The summed E-state index contributed by atoms with van der Waals surface area (Å²) in [5, 5.41) is 5.99. The second kappa shape index (κ2) is 6.67. The Morgan fingerprint density at radius 1 is 0.852 bits per heavy atom. The van der Waals surface area contributed by atoms with Gasteiger partial charge < -0.3 is 20.1 Å². The monoisotopic (exact) mass is 374 g/mol. The highest BCUT2D eigenvalue weighted by Crippen LogP contribution is 2.35. The van der Waals surface area contributed by atoms with Gasteiger partial charge in [0.2, 0.25) is 12.7 Å². The molecule has 0 atom stereocenters. The van der Waals surface area contributed by atoms with Gasteiger partial charge in [-0.05, 0) is 42.5 Å². The molecule has 1 aliphatic rings. The third-order valence-electron chi connectivity index (χ3n) is 3.77. The van der Waals surface area contributed by atoms with Crippen molar-refractivity contribution in [2.45, 2.75) is 6.18 Å². The molecular formula is C18H13F3N4O2. The Morgan fingerprint density at radius 3 is 2.37 bits per heavy atom. The van der Waals surface area contributed by atoms with Crippen LogP contribution in [0.4, 0.5) is 36.3 Å². The second-order valence-electron chi connectivity index (χ2n) is 5.66. The lowest BCUT2D eigenvalue weighted by atomic mass is 10.2. The molecule has 27 heavy (non-hydrogen) atoms. The molecule has 0 bridgehead atoms. The van der Waals surface area contributed by atoms with E-state index >= 15 is 0 Å². The Hall–Kier alpha value is -3.49. The summed E-state index contributed by atoms with van der Waals surface area (Å²) < 4.78 is 48.4. The van der Waals surface area contributed by atoms with Crippen molar-refractivity contribution in [1.82, 2.24) is 9.97 Å². The van der Waals surface area contributed by atoms with Crippen molar-refractivity contribution in [1.29, 1.82) is 0 Å². The third-order valence-corrected chi connectivity index (χ3v) is 3.77. The lowest BCUT2D eigenvalue weighted by Gasteiger charge is -2.10. The number of fused-ring (bicyclic) bond motifs is 1. The molecule has 0 spiro atoms. The first-order valence-corrected chi connectivity index (χ1v) is 7.91. The van der Waals surface area contributed by atoms with Gasteiger partial charge in [-0.2, -0.15) is 18.2 Å². The minimum Gasteiger partial charge on any atom is -0.454 e. The van der Waals surface area contributed by atoms with Gasteiger partial charge in [0.1, 0.15) is 5.82 Å². The first kappa shape index (κ1) is 17.0. The highest BCUT2D eigenvalue weighted by atomic mass is 19.4. The summed E-state index contributed by atoms with van der Waals surface area (Å²) in [6, 6.07) is 11.7. The smallest absolute Gasteiger partial charge is 0.416 e. The van der Waals surface area contributed by atoms with E-state index in [0.717, 1.165) is 12.1 Å². The van der Waals surface area contributed by atoms with Crippen LogP contribution in [0.1, 0.15) is 5.56 Å². The van der Waals surface area contributed by atoms with E-state index in [1.165, 1.54) is 18.3 Å². The molecular weight excluding hydrogens is 361 g/mol. The molecule has 9 heteroatoms. The minimum atomic E-state index is -4.37. The largest absolute Gasteiger partial charge is 0.454 e. The number of hydrogen-bond acceptors (Lipinski definition) is 6. The van der Waals surface area contributed by atoms with Gasteiger partial charge in [0.05, 0.1) is 5.56 Å². The zero-order valence-electron chi connectivity index (χ0n) is 13.7. The first-order valence-electron chi connectivity index (χ1n) is 7.91. The number of halogens is 3. The number of aromatic nitrogens is 2. The third kappa shape index (κ3) is 3.86. The van der Waals surface area contributed by atoms with Crippen molar-refractivity contribution >= 4 is 23.1 Å². The van der Waals surface area contributed by atoms with Gasteiger partial charge in [-0.25, -0.2) is 4.98 Å². The summed E-state index contributed by atoms with van der Waals surface area (Å²) in [5.41, 5.74) is 0.488. The highest BCUT2D eigenvalue weighted by molar-refractivity contribution is 5.62. The summed E-state index contributed by atoms with van der Waals surface area (Å²) in [4.78, 5) is 8.43. The Balaban J connectivity index is 1.47. The van der Waals surface area contributed by atoms with Crippen LogP contribution in [0.5, 0.6) is 11.5 Å². The fraction of sp³-hybridized carbons (Fsp3) is 0.111. The average Bonchev–Trinajstić information content (AvgIpc) is 3.09. The molecule has 2 N–H and O–H groups in total. The van der Waals surface area contributed by atoms with Gasteiger partial charge in [-0.15, -0.1) is 0 Å². The van der Waals surface area contributed by atoms with E-state index in [4.69, 9.17) is 9.47 Å². The topological polar surface area (TPSA) is 68.3 Å². The number of nitrogens with one attached hydrogen (secondary N) is 2. The van der Waals surface area contributed by atoms with Gasteiger partial charge in [0, 0.05) is 23.6 Å². The standard InChI is InChI=1S/C18H13F3N4O2/c19-18(20,21)11-1-3-12(4-2-11)23-16-7-8-22-17(25-16)24-13-5-6-14-15(9-13)27-10-26-14/h1-9H,10H2,(H2,22,23,24,25). The van der Waals surface area contributed by atoms with Crippen LogP contribution in [0, 0.1) is 0 Å². The average molecular weight is 374 g/mol. The quantitative estimate of drug-likeness (QED) is 0.689. The Morgan fingerprint density at radius 2 is 1.59 bits per heavy atom. The maximum Gasteiger partial charge on any atom is 0.416 e. The molecule has 0 unspecified atom stereocenters. The van der Waals surface area contributed by atoms with Gasteiger partial charge in [-0.3, -0.25) is 0 Å². The lowest BCUT2D eigenvalue weighted by Crippen LogP contribution is -2.04. The van der Waals surface area contributed by atoms with Crippen LogP contribution in [0.2, 0.25) is 0 Å². The van der Waals surface area contributed by atoms with Crippen LogP contribution in [0.3, 0.4) is 0 Å². The van der Waals surface area contributed by atoms with E-state index in [0.29, 0.717) is 34.6 Å². The molecule has 4 rings (SSSR count). The maximum atomic E-state index is 12.6. The summed E-state index contributed by atoms with van der Waals surface area (Å²) in [7, 11) is 0. The summed E-state index contributed by atoms with van der Waals surface area (Å²) in [5.74, 6) is 2.05. The number of anilines is 4. The van der Waals surface area contributed by atoms with Crippen molar-refractivity contribution in [3.8, 4) is 11.5 Å². The molecule has 0 aliphatic carbocycles. The number of benzene rings is 2. The van der Waals surface area contributed by atoms with E-state index in [1.807, 2.05) is 0 Å². The molecule has 0 amide bonds. The van der Waals surface area contributed by atoms with Crippen LogP contribution in [0.15, 0.2) is 54.7 Å². The van der Waals surface area contributed by atoms with Crippen LogP contribution in [-0.2, 0) is 6.18 Å². The molecule has 0 saturated carbocycles.